The number of aromatic hydroxyl groups is 1. The number of nitrogens with zero attached hydrogens (tertiary/aromatic N) is 2. The van der Waals surface area contributed by atoms with Crippen LogP contribution in [0.2, 0.25) is 0 Å². The lowest BCUT2D eigenvalue weighted by Crippen LogP contribution is -2.25. The molecule has 0 bridgehead atoms. The lowest BCUT2D eigenvalue weighted by Gasteiger charge is -2.25. The number of carboxylic acids is 1. The van der Waals surface area contributed by atoms with Gasteiger partial charge in [0.25, 0.3) is 0 Å². The minimum atomic E-state index is -1.15. The summed E-state index contributed by atoms with van der Waals surface area (Å²) in [6, 6.07) is 8.19. The molecule has 0 aliphatic carbocycles. The van der Waals surface area contributed by atoms with Gasteiger partial charge >= 0.3 is 5.97 Å². The van der Waals surface area contributed by atoms with Gasteiger partial charge in [0.15, 0.2) is 5.82 Å². The van der Waals surface area contributed by atoms with Crippen LogP contribution >= 0.6 is 0 Å². The largest absolute Gasteiger partial charge is 0.508 e. The molecule has 8 heteroatoms. The lowest BCUT2D eigenvalue weighted by atomic mass is 9.88. The molecule has 1 aliphatic rings. The zero-order chi connectivity index (χ0) is 18.4. The number of aromatic carboxylic acids is 1. The van der Waals surface area contributed by atoms with E-state index in [0.717, 1.165) is 5.56 Å². The van der Waals surface area contributed by atoms with Gasteiger partial charge in [-0.05, 0) is 24.6 Å². The molecule has 1 aromatic carbocycles. The number of rotatable bonds is 3. The highest BCUT2D eigenvalue weighted by atomic mass is 16.5. The number of nitrogens with one attached hydrogen (secondary N) is 1. The van der Waals surface area contributed by atoms with Crippen molar-refractivity contribution in [3.8, 4) is 11.6 Å². The molecular weight excluding hydrogens is 338 g/mol. The molecule has 26 heavy (non-hydrogen) atoms. The molecular formula is C18H15N3O5. The molecule has 1 amide bonds. The van der Waals surface area contributed by atoms with Gasteiger partial charge in [0.05, 0.1) is 11.4 Å². The molecule has 4 rings (SSSR count). The summed E-state index contributed by atoms with van der Waals surface area (Å²) in [5.74, 6) is -0.669. The number of phenolic OH excluding ortho intramolecular Hbond substituents is 1. The summed E-state index contributed by atoms with van der Waals surface area (Å²) in [5.41, 5.74) is 1.64. The average Bonchev–Trinajstić information content (AvgIpc) is 3.18. The van der Waals surface area contributed by atoms with Crippen molar-refractivity contribution in [2.75, 3.05) is 5.32 Å². The molecule has 0 saturated heterocycles. The predicted octanol–water partition coefficient (Wildman–Crippen LogP) is 2.65. The highest BCUT2D eigenvalue weighted by Gasteiger charge is 2.35. The molecule has 3 N–H and O–H groups in total. The summed E-state index contributed by atoms with van der Waals surface area (Å²) in [7, 11) is 0. The Balaban J connectivity index is 1.96. The van der Waals surface area contributed by atoms with E-state index in [0.29, 0.717) is 17.3 Å². The minimum absolute atomic E-state index is 0.0162. The molecule has 3 aromatic rings. The molecule has 132 valence electrons. The quantitative estimate of drug-likeness (QED) is 0.666. The van der Waals surface area contributed by atoms with Crippen molar-refractivity contribution in [2.45, 2.75) is 19.3 Å². The zero-order valence-electron chi connectivity index (χ0n) is 13.8. The van der Waals surface area contributed by atoms with E-state index in [2.05, 4.69) is 10.5 Å². The van der Waals surface area contributed by atoms with Crippen LogP contribution in [0.1, 0.15) is 39.7 Å². The van der Waals surface area contributed by atoms with Gasteiger partial charge in [-0.2, -0.15) is 0 Å². The summed E-state index contributed by atoms with van der Waals surface area (Å²) in [6.45, 7) is 1.74. The SMILES string of the molecule is Cc1cc(-n2cc(C(=O)O)c3c2C(c2ccc(O)cc2)CC(=O)N3)no1. The van der Waals surface area contributed by atoms with Crippen LogP contribution in [-0.2, 0) is 4.79 Å². The highest BCUT2D eigenvalue weighted by molar-refractivity contribution is 6.04. The number of hydrogen-bond donors (Lipinski definition) is 3. The first-order valence-corrected chi connectivity index (χ1v) is 7.95. The smallest absolute Gasteiger partial charge is 0.339 e. The van der Waals surface area contributed by atoms with E-state index < -0.39 is 5.97 Å². The number of amides is 1. The second kappa shape index (κ2) is 5.76. The summed E-state index contributed by atoms with van der Waals surface area (Å²) >= 11 is 0. The number of carbonyl (C=O) groups is 2. The van der Waals surface area contributed by atoms with Crippen molar-refractivity contribution in [3.05, 3.63) is 59.1 Å². The van der Waals surface area contributed by atoms with Gasteiger partial charge in [-0.1, -0.05) is 17.3 Å². The van der Waals surface area contributed by atoms with Gasteiger partial charge in [0.1, 0.15) is 17.1 Å². The van der Waals surface area contributed by atoms with Crippen molar-refractivity contribution in [1.29, 1.82) is 0 Å². The first-order chi connectivity index (χ1) is 12.4. The van der Waals surface area contributed by atoms with E-state index in [-0.39, 0.29) is 35.2 Å². The second-order valence-electron chi connectivity index (χ2n) is 6.17. The van der Waals surface area contributed by atoms with Crippen LogP contribution in [0.3, 0.4) is 0 Å². The third-order valence-corrected chi connectivity index (χ3v) is 4.42. The Morgan fingerprint density at radius 3 is 2.69 bits per heavy atom. The second-order valence-corrected chi connectivity index (χ2v) is 6.17. The fraction of sp³-hybridized carbons (Fsp3) is 0.167. The monoisotopic (exact) mass is 353 g/mol. The Morgan fingerprint density at radius 2 is 2.08 bits per heavy atom. The fourth-order valence-electron chi connectivity index (χ4n) is 3.27. The minimum Gasteiger partial charge on any atom is -0.508 e. The van der Waals surface area contributed by atoms with Crippen LogP contribution in [0.4, 0.5) is 5.69 Å². The van der Waals surface area contributed by atoms with E-state index in [1.807, 2.05) is 0 Å². The number of fused-ring (bicyclic) bond motifs is 1. The molecule has 8 nitrogen and oxygen atoms in total. The van der Waals surface area contributed by atoms with E-state index in [4.69, 9.17) is 4.52 Å². The number of carbonyl (C=O) groups excluding carboxylic acids is 1. The van der Waals surface area contributed by atoms with Gasteiger partial charge in [-0.15, -0.1) is 0 Å². The van der Waals surface area contributed by atoms with Gasteiger partial charge in [-0.25, -0.2) is 4.79 Å². The maximum atomic E-state index is 12.2. The number of anilines is 1. The number of carboxylic acid groups (broad SMARTS) is 1. The molecule has 3 heterocycles. The van der Waals surface area contributed by atoms with Gasteiger partial charge in [0, 0.05) is 24.6 Å². The van der Waals surface area contributed by atoms with Crippen LogP contribution in [-0.4, -0.2) is 31.8 Å². The zero-order valence-corrected chi connectivity index (χ0v) is 13.8. The van der Waals surface area contributed by atoms with E-state index >= 15 is 0 Å². The Kier molecular flexibility index (Phi) is 3.54. The molecule has 0 saturated carbocycles. The van der Waals surface area contributed by atoms with E-state index in [1.165, 1.54) is 18.3 Å². The van der Waals surface area contributed by atoms with Gasteiger partial charge in [-0.3, -0.25) is 9.36 Å². The summed E-state index contributed by atoms with van der Waals surface area (Å²) in [6.07, 6.45) is 1.58. The molecule has 2 aromatic heterocycles. The van der Waals surface area contributed by atoms with E-state index in [1.54, 1.807) is 29.7 Å². The highest BCUT2D eigenvalue weighted by Crippen LogP contribution is 2.41. The topological polar surface area (TPSA) is 118 Å². The Labute approximate surface area is 147 Å². The van der Waals surface area contributed by atoms with Crippen molar-refractivity contribution in [3.63, 3.8) is 0 Å². The lowest BCUT2D eigenvalue weighted by molar-refractivity contribution is -0.116. The standard InChI is InChI=1S/C18H15N3O5/c1-9-6-14(20-26-9)21-8-13(18(24)25)16-17(21)12(7-15(23)19-16)10-2-4-11(22)5-3-10/h2-6,8,12,22H,7H2,1H3,(H,19,23)(H,24,25). The maximum absolute atomic E-state index is 12.2. The number of hydrogen-bond acceptors (Lipinski definition) is 5. The summed E-state index contributed by atoms with van der Waals surface area (Å²) < 4.78 is 6.75. The number of phenols is 1. The van der Waals surface area contributed by atoms with E-state index in [9.17, 15) is 19.8 Å². The molecule has 1 unspecified atom stereocenters. The molecule has 1 atom stereocenters. The first-order valence-electron chi connectivity index (χ1n) is 7.95. The number of aryl methyl sites for hydroxylation is 1. The Bertz CT molecular complexity index is 1020. The van der Waals surface area contributed by atoms with Crippen molar-refractivity contribution in [2.24, 2.45) is 0 Å². The Morgan fingerprint density at radius 1 is 1.35 bits per heavy atom. The number of aromatic nitrogens is 2. The van der Waals surface area contributed by atoms with Crippen LogP contribution in [0, 0.1) is 6.92 Å². The van der Waals surface area contributed by atoms with Gasteiger partial charge in [0.2, 0.25) is 5.91 Å². The predicted molar refractivity (Wildman–Crippen MR) is 90.7 cm³/mol. The Hall–Kier alpha value is -3.55. The van der Waals surface area contributed by atoms with Crippen molar-refractivity contribution < 1.29 is 24.3 Å². The number of benzene rings is 1. The molecule has 0 spiro atoms. The van der Waals surface area contributed by atoms with Crippen LogP contribution in [0.5, 0.6) is 5.75 Å². The van der Waals surface area contributed by atoms with Crippen LogP contribution in [0.25, 0.3) is 5.82 Å². The maximum Gasteiger partial charge on any atom is 0.339 e. The van der Waals surface area contributed by atoms with Crippen LogP contribution in [0.15, 0.2) is 41.1 Å². The normalized spacial score (nSPS) is 16.2. The third kappa shape index (κ3) is 2.52. The molecule has 0 fully saturated rings. The molecule has 0 radical (unpaired) electrons. The van der Waals surface area contributed by atoms with Gasteiger partial charge < -0.3 is 20.1 Å². The van der Waals surface area contributed by atoms with Crippen molar-refractivity contribution >= 4 is 17.6 Å². The van der Waals surface area contributed by atoms with Crippen molar-refractivity contribution in [1.82, 2.24) is 9.72 Å². The third-order valence-electron chi connectivity index (χ3n) is 4.42. The summed E-state index contributed by atoms with van der Waals surface area (Å²) in [5, 5.41) is 25.7. The molecule has 1 aliphatic heterocycles. The fourth-order valence-corrected chi connectivity index (χ4v) is 3.27. The van der Waals surface area contributed by atoms with Crippen LogP contribution < -0.4 is 5.32 Å². The summed E-state index contributed by atoms with van der Waals surface area (Å²) in [4.78, 5) is 23.9. The first kappa shape index (κ1) is 15.9. The average molecular weight is 353 g/mol.